The Kier molecular flexibility index (Phi) is 4.54. The van der Waals surface area contributed by atoms with Gasteiger partial charge in [0.25, 0.3) is 0 Å². The summed E-state index contributed by atoms with van der Waals surface area (Å²) < 4.78 is 5.41. The quantitative estimate of drug-likeness (QED) is 0.826. The lowest BCUT2D eigenvalue weighted by Gasteiger charge is -2.17. The van der Waals surface area contributed by atoms with Gasteiger partial charge >= 0.3 is 0 Å². The predicted molar refractivity (Wildman–Crippen MR) is 67.0 cm³/mol. The molecule has 1 aliphatic carbocycles. The first-order chi connectivity index (χ1) is 8.35. The summed E-state index contributed by atoms with van der Waals surface area (Å²) in [7, 11) is 0. The maximum absolute atomic E-state index is 5.41. The standard InChI is InChI=1S/C13H23N3O/c1-3-6-12-15-13(17-16-12)10-7-5-8-11(10)14-9-4-2/h10-11,14H,3-9H2,1-2H3. The number of rotatable bonds is 6. The molecule has 0 aromatic carbocycles. The monoisotopic (exact) mass is 237 g/mol. The van der Waals surface area contributed by atoms with Gasteiger partial charge in [-0.15, -0.1) is 0 Å². The first-order valence-electron chi connectivity index (χ1n) is 6.91. The minimum Gasteiger partial charge on any atom is -0.339 e. The van der Waals surface area contributed by atoms with Crippen LogP contribution in [0, 0.1) is 0 Å². The third-order valence-electron chi connectivity index (χ3n) is 3.45. The molecule has 1 heterocycles. The zero-order chi connectivity index (χ0) is 12.1. The van der Waals surface area contributed by atoms with E-state index in [1.807, 2.05) is 0 Å². The van der Waals surface area contributed by atoms with Crippen LogP contribution in [-0.2, 0) is 6.42 Å². The van der Waals surface area contributed by atoms with Gasteiger partial charge in [0.05, 0.1) is 5.92 Å². The molecule has 0 spiro atoms. The van der Waals surface area contributed by atoms with Crippen molar-refractivity contribution in [2.24, 2.45) is 0 Å². The van der Waals surface area contributed by atoms with Crippen LogP contribution >= 0.6 is 0 Å². The molecular weight excluding hydrogens is 214 g/mol. The van der Waals surface area contributed by atoms with E-state index < -0.39 is 0 Å². The van der Waals surface area contributed by atoms with Crippen LogP contribution in [0.3, 0.4) is 0 Å². The summed E-state index contributed by atoms with van der Waals surface area (Å²) in [6.07, 6.45) is 6.83. The highest BCUT2D eigenvalue weighted by Gasteiger charge is 2.32. The summed E-state index contributed by atoms with van der Waals surface area (Å²) >= 11 is 0. The van der Waals surface area contributed by atoms with Gasteiger partial charge in [0.1, 0.15) is 0 Å². The fourth-order valence-electron chi connectivity index (χ4n) is 2.57. The fourth-order valence-corrected chi connectivity index (χ4v) is 2.57. The van der Waals surface area contributed by atoms with Crippen molar-refractivity contribution in [3.05, 3.63) is 11.7 Å². The van der Waals surface area contributed by atoms with Crippen molar-refractivity contribution in [3.63, 3.8) is 0 Å². The topological polar surface area (TPSA) is 51.0 Å². The van der Waals surface area contributed by atoms with Gasteiger partial charge in [-0.3, -0.25) is 0 Å². The Morgan fingerprint density at radius 1 is 1.29 bits per heavy atom. The Morgan fingerprint density at radius 3 is 2.94 bits per heavy atom. The molecule has 1 aromatic rings. The Morgan fingerprint density at radius 2 is 2.18 bits per heavy atom. The average molecular weight is 237 g/mol. The molecule has 4 heteroatoms. The average Bonchev–Trinajstić information content (AvgIpc) is 2.94. The molecule has 0 bridgehead atoms. The lowest BCUT2D eigenvalue weighted by Crippen LogP contribution is -2.31. The van der Waals surface area contributed by atoms with Gasteiger partial charge < -0.3 is 9.84 Å². The van der Waals surface area contributed by atoms with Gasteiger partial charge in [-0.25, -0.2) is 0 Å². The lowest BCUT2D eigenvalue weighted by atomic mass is 10.0. The summed E-state index contributed by atoms with van der Waals surface area (Å²) in [5.41, 5.74) is 0. The van der Waals surface area contributed by atoms with Gasteiger partial charge in [-0.05, 0) is 32.2 Å². The summed E-state index contributed by atoms with van der Waals surface area (Å²) in [6, 6.07) is 0.532. The predicted octanol–water partition coefficient (Wildman–Crippen LogP) is 2.66. The largest absolute Gasteiger partial charge is 0.339 e. The third kappa shape index (κ3) is 3.06. The molecule has 1 N–H and O–H groups in total. The van der Waals surface area contributed by atoms with Crippen LogP contribution in [0.25, 0.3) is 0 Å². The highest BCUT2D eigenvalue weighted by molar-refractivity contribution is 5.03. The molecule has 0 radical (unpaired) electrons. The summed E-state index contributed by atoms with van der Waals surface area (Å²) in [5.74, 6) is 2.14. The minimum atomic E-state index is 0.430. The zero-order valence-corrected chi connectivity index (χ0v) is 10.9. The van der Waals surface area contributed by atoms with Gasteiger partial charge in [0, 0.05) is 12.5 Å². The zero-order valence-electron chi connectivity index (χ0n) is 10.9. The van der Waals surface area contributed by atoms with Gasteiger partial charge in [0.15, 0.2) is 5.82 Å². The number of aryl methyl sites for hydroxylation is 1. The van der Waals surface area contributed by atoms with Crippen LogP contribution in [0.1, 0.15) is 63.6 Å². The maximum atomic E-state index is 5.41. The van der Waals surface area contributed by atoms with Crippen molar-refractivity contribution in [3.8, 4) is 0 Å². The van der Waals surface area contributed by atoms with E-state index in [4.69, 9.17) is 4.52 Å². The van der Waals surface area contributed by atoms with E-state index in [1.54, 1.807) is 0 Å². The molecule has 2 atom stereocenters. The molecule has 4 nitrogen and oxygen atoms in total. The number of hydrogen-bond donors (Lipinski definition) is 1. The second kappa shape index (κ2) is 6.15. The van der Waals surface area contributed by atoms with Crippen LogP contribution in [0.15, 0.2) is 4.52 Å². The van der Waals surface area contributed by atoms with E-state index in [9.17, 15) is 0 Å². The second-order valence-electron chi connectivity index (χ2n) is 4.90. The molecule has 1 saturated carbocycles. The fraction of sp³-hybridized carbons (Fsp3) is 0.846. The lowest BCUT2D eigenvalue weighted by molar-refractivity contribution is 0.327. The van der Waals surface area contributed by atoms with Crippen LogP contribution in [0.5, 0.6) is 0 Å². The number of hydrogen-bond acceptors (Lipinski definition) is 4. The Hall–Kier alpha value is -0.900. The number of aromatic nitrogens is 2. The van der Waals surface area contributed by atoms with E-state index in [0.29, 0.717) is 12.0 Å². The molecular formula is C13H23N3O. The van der Waals surface area contributed by atoms with Crippen molar-refractivity contribution < 1.29 is 4.52 Å². The van der Waals surface area contributed by atoms with E-state index in [0.717, 1.165) is 31.1 Å². The van der Waals surface area contributed by atoms with Crippen molar-refractivity contribution in [2.75, 3.05) is 6.54 Å². The molecule has 96 valence electrons. The van der Waals surface area contributed by atoms with Crippen LogP contribution < -0.4 is 5.32 Å². The molecule has 0 amide bonds. The highest BCUT2D eigenvalue weighted by atomic mass is 16.5. The van der Waals surface area contributed by atoms with Gasteiger partial charge in [0.2, 0.25) is 5.89 Å². The van der Waals surface area contributed by atoms with Gasteiger partial charge in [-0.1, -0.05) is 25.4 Å². The van der Waals surface area contributed by atoms with Crippen LogP contribution in [0.2, 0.25) is 0 Å². The molecule has 2 rings (SSSR count). The molecule has 17 heavy (non-hydrogen) atoms. The first-order valence-corrected chi connectivity index (χ1v) is 6.91. The summed E-state index contributed by atoms with van der Waals surface area (Å²) in [6.45, 7) is 5.41. The first kappa shape index (κ1) is 12.6. The minimum absolute atomic E-state index is 0.430. The van der Waals surface area contributed by atoms with E-state index in [-0.39, 0.29) is 0 Å². The second-order valence-corrected chi connectivity index (χ2v) is 4.90. The van der Waals surface area contributed by atoms with Crippen molar-refractivity contribution in [1.29, 1.82) is 0 Å². The third-order valence-corrected chi connectivity index (χ3v) is 3.45. The Labute approximate surface area is 103 Å². The van der Waals surface area contributed by atoms with E-state index in [2.05, 4.69) is 29.3 Å². The molecule has 0 aliphatic heterocycles. The Balaban J connectivity index is 1.98. The molecule has 0 saturated heterocycles. The normalized spacial score (nSPS) is 24.4. The van der Waals surface area contributed by atoms with Crippen molar-refractivity contribution in [1.82, 2.24) is 15.5 Å². The van der Waals surface area contributed by atoms with Crippen LogP contribution in [0.4, 0.5) is 0 Å². The van der Waals surface area contributed by atoms with Crippen molar-refractivity contribution in [2.45, 2.75) is 64.3 Å². The van der Waals surface area contributed by atoms with Crippen molar-refractivity contribution >= 4 is 0 Å². The van der Waals surface area contributed by atoms with Gasteiger partial charge in [-0.2, -0.15) is 4.98 Å². The van der Waals surface area contributed by atoms with E-state index >= 15 is 0 Å². The molecule has 2 unspecified atom stereocenters. The smallest absolute Gasteiger partial charge is 0.231 e. The SMILES string of the molecule is CCCNC1CCCC1c1nc(CCC)no1. The summed E-state index contributed by atoms with van der Waals surface area (Å²) in [4.78, 5) is 4.52. The highest BCUT2D eigenvalue weighted by Crippen LogP contribution is 2.33. The van der Waals surface area contributed by atoms with Crippen LogP contribution in [-0.4, -0.2) is 22.7 Å². The molecule has 1 fully saturated rings. The number of nitrogens with zero attached hydrogens (tertiary/aromatic N) is 2. The Bertz CT molecular complexity index is 337. The molecule has 1 aliphatic rings. The molecule has 1 aromatic heterocycles. The number of nitrogens with one attached hydrogen (secondary N) is 1. The van der Waals surface area contributed by atoms with E-state index in [1.165, 1.54) is 25.7 Å². The maximum Gasteiger partial charge on any atom is 0.231 e. The summed E-state index contributed by atoms with van der Waals surface area (Å²) in [5, 5.41) is 7.64.